The highest BCUT2D eigenvalue weighted by Gasteiger charge is 2.25. The fourth-order valence-corrected chi connectivity index (χ4v) is 4.70. The number of hydrogen-bond acceptors (Lipinski definition) is 4. The number of piperidine rings is 1. The number of ether oxygens (including phenoxy) is 1. The topological polar surface area (TPSA) is 78.0 Å². The number of methoxy groups -OCH3 is 1. The van der Waals surface area contributed by atoms with Gasteiger partial charge in [0.2, 0.25) is 5.91 Å². The van der Waals surface area contributed by atoms with E-state index in [1.54, 1.807) is 14.2 Å². The molecule has 0 aliphatic carbocycles. The lowest BCUT2D eigenvalue weighted by molar-refractivity contribution is -0.116. The molecule has 1 amide bonds. The monoisotopic (exact) mass is 577 g/mol. The van der Waals surface area contributed by atoms with Gasteiger partial charge in [0.05, 0.1) is 7.11 Å². The summed E-state index contributed by atoms with van der Waals surface area (Å²) in [6, 6.07) is 16.4. The summed E-state index contributed by atoms with van der Waals surface area (Å²) in [4.78, 5) is 19.0. The Hall–Kier alpha value is -2.33. The molecule has 2 aromatic rings. The highest BCUT2D eigenvalue weighted by Crippen LogP contribution is 2.31. The van der Waals surface area contributed by atoms with Crippen molar-refractivity contribution in [3.05, 3.63) is 59.7 Å². The summed E-state index contributed by atoms with van der Waals surface area (Å²) in [5.74, 6) is 2.57. The van der Waals surface area contributed by atoms with Crippen LogP contribution < -0.4 is 20.7 Å². The number of rotatable bonds is 7. The average molecular weight is 578 g/mol. The number of para-hydroxylation sites is 1. The van der Waals surface area contributed by atoms with Crippen molar-refractivity contribution in [1.29, 1.82) is 0 Å². The first-order chi connectivity index (χ1) is 16.1. The van der Waals surface area contributed by atoms with Gasteiger partial charge in [-0.05, 0) is 61.2 Å². The van der Waals surface area contributed by atoms with Crippen LogP contribution in [0.1, 0.15) is 36.3 Å². The molecule has 184 valence electrons. The largest absolute Gasteiger partial charge is 0.497 e. The number of aliphatic imine (C=N–C) groups is 1. The van der Waals surface area contributed by atoms with Gasteiger partial charge in [0, 0.05) is 44.7 Å². The number of hydrogen-bond donors (Lipinski definition) is 3. The van der Waals surface area contributed by atoms with Crippen LogP contribution in [0.3, 0.4) is 0 Å². The highest BCUT2D eigenvalue weighted by molar-refractivity contribution is 14.0. The molecule has 1 saturated heterocycles. The second-order valence-electron chi connectivity index (χ2n) is 8.94. The Morgan fingerprint density at radius 1 is 1.09 bits per heavy atom. The smallest absolute Gasteiger partial charge is 0.225 e. The van der Waals surface area contributed by atoms with Crippen molar-refractivity contribution in [2.75, 3.05) is 45.7 Å². The minimum Gasteiger partial charge on any atom is -0.497 e. The quantitative estimate of drug-likeness (QED) is 0.265. The molecule has 1 unspecified atom stereocenters. The predicted molar refractivity (Wildman–Crippen MR) is 148 cm³/mol. The molecule has 0 bridgehead atoms. The number of anilines is 1. The zero-order valence-corrected chi connectivity index (χ0v) is 22.4. The molecule has 0 radical (unpaired) electrons. The Morgan fingerprint density at radius 3 is 2.50 bits per heavy atom. The molecule has 4 rings (SSSR count). The Kier molecular flexibility index (Phi) is 10.0. The molecule has 34 heavy (non-hydrogen) atoms. The third kappa shape index (κ3) is 7.09. The fraction of sp³-hybridized carbons (Fsp3) is 0.462. The molecular formula is C26H36IN5O2. The SMILES string of the molecule is CN=C(NCC1CCN(Cc2ccc(OC)cc2)CC1)NCC1CC(=O)Nc2ccccc21.I. The van der Waals surface area contributed by atoms with Crippen LogP contribution in [0.2, 0.25) is 0 Å². The molecule has 2 aliphatic heterocycles. The molecule has 2 aliphatic rings. The van der Waals surface area contributed by atoms with E-state index in [9.17, 15) is 4.79 Å². The van der Waals surface area contributed by atoms with E-state index in [-0.39, 0.29) is 35.8 Å². The number of fused-ring (bicyclic) bond motifs is 1. The molecule has 0 saturated carbocycles. The van der Waals surface area contributed by atoms with Crippen LogP contribution in [-0.4, -0.2) is 57.1 Å². The summed E-state index contributed by atoms with van der Waals surface area (Å²) in [6.07, 6.45) is 2.85. The van der Waals surface area contributed by atoms with Crippen molar-refractivity contribution in [2.45, 2.75) is 31.7 Å². The van der Waals surface area contributed by atoms with Crippen molar-refractivity contribution in [3.63, 3.8) is 0 Å². The summed E-state index contributed by atoms with van der Waals surface area (Å²) in [5.41, 5.74) is 3.43. The van der Waals surface area contributed by atoms with Crippen LogP contribution in [-0.2, 0) is 11.3 Å². The van der Waals surface area contributed by atoms with E-state index in [1.165, 1.54) is 24.0 Å². The van der Waals surface area contributed by atoms with Crippen molar-refractivity contribution in [1.82, 2.24) is 15.5 Å². The molecule has 3 N–H and O–H groups in total. The number of amides is 1. The predicted octanol–water partition coefficient (Wildman–Crippen LogP) is 3.82. The van der Waals surface area contributed by atoms with Gasteiger partial charge >= 0.3 is 0 Å². The first kappa shape index (κ1) is 26.3. The normalized spacial score (nSPS) is 18.9. The number of halogens is 1. The number of likely N-dealkylation sites (tertiary alicyclic amines) is 1. The molecule has 0 spiro atoms. The lowest BCUT2D eigenvalue weighted by Gasteiger charge is -2.32. The minimum atomic E-state index is 0. The standard InChI is InChI=1S/C26H35N5O2.HI/c1-27-26(29-17-21-15-25(32)30-24-6-4-3-5-23(21)24)28-16-19-11-13-31(14-12-19)18-20-7-9-22(33-2)10-8-20;/h3-10,19,21H,11-18H2,1-2H3,(H,30,32)(H2,27,28,29);1H. The Labute approximate surface area is 219 Å². The number of carbonyl (C=O) groups is 1. The first-order valence-corrected chi connectivity index (χ1v) is 11.8. The van der Waals surface area contributed by atoms with Gasteiger partial charge in [0.15, 0.2) is 5.96 Å². The van der Waals surface area contributed by atoms with E-state index in [1.807, 2.05) is 30.3 Å². The van der Waals surface area contributed by atoms with Gasteiger partial charge in [-0.15, -0.1) is 24.0 Å². The van der Waals surface area contributed by atoms with Crippen LogP contribution in [0.15, 0.2) is 53.5 Å². The minimum absolute atomic E-state index is 0. The maximum Gasteiger partial charge on any atom is 0.225 e. The Balaban J connectivity index is 0.00000324. The number of benzene rings is 2. The Morgan fingerprint density at radius 2 is 1.79 bits per heavy atom. The lowest BCUT2D eigenvalue weighted by Crippen LogP contribution is -2.44. The van der Waals surface area contributed by atoms with Crippen LogP contribution in [0, 0.1) is 5.92 Å². The van der Waals surface area contributed by atoms with Crippen LogP contribution in [0.4, 0.5) is 5.69 Å². The molecule has 2 heterocycles. The zero-order chi connectivity index (χ0) is 23.0. The molecule has 1 fully saturated rings. The molecule has 1 atom stereocenters. The van der Waals surface area contributed by atoms with Gasteiger partial charge < -0.3 is 20.7 Å². The van der Waals surface area contributed by atoms with Gasteiger partial charge in [-0.25, -0.2) is 0 Å². The van der Waals surface area contributed by atoms with Crippen molar-refractivity contribution in [2.24, 2.45) is 10.9 Å². The number of carbonyl (C=O) groups excluding carboxylic acids is 1. The molecule has 2 aromatic carbocycles. The van der Waals surface area contributed by atoms with Gasteiger partial charge in [-0.2, -0.15) is 0 Å². The Bertz CT molecular complexity index is 958. The van der Waals surface area contributed by atoms with Crippen molar-refractivity contribution >= 4 is 41.5 Å². The molecule has 7 nitrogen and oxygen atoms in total. The fourth-order valence-electron chi connectivity index (χ4n) is 4.70. The van der Waals surface area contributed by atoms with Crippen LogP contribution in [0.25, 0.3) is 0 Å². The van der Waals surface area contributed by atoms with E-state index in [2.05, 4.69) is 44.0 Å². The van der Waals surface area contributed by atoms with Gasteiger partial charge in [-0.3, -0.25) is 14.7 Å². The third-order valence-corrected chi connectivity index (χ3v) is 6.68. The van der Waals surface area contributed by atoms with Crippen molar-refractivity contribution in [3.8, 4) is 5.75 Å². The van der Waals surface area contributed by atoms with E-state index in [0.717, 1.165) is 43.6 Å². The summed E-state index contributed by atoms with van der Waals surface area (Å²) in [5, 5.41) is 9.89. The van der Waals surface area contributed by atoms with Gasteiger partial charge in [0.25, 0.3) is 0 Å². The second kappa shape index (κ2) is 12.9. The summed E-state index contributed by atoms with van der Waals surface area (Å²) < 4.78 is 5.25. The van der Waals surface area contributed by atoms with Gasteiger partial charge in [0.1, 0.15) is 5.75 Å². The number of nitrogens with one attached hydrogen (secondary N) is 3. The van der Waals surface area contributed by atoms with Crippen molar-refractivity contribution < 1.29 is 9.53 Å². The third-order valence-electron chi connectivity index (χ3n) is 6.68. The number of guanidine groups is 1. The van der Waals surface area contributed by atoms with E-state index in [4.69, 9.17) is 4.74 Å². The summed E-state index contributed by atoms with van der Waals surface area (Å²) >= 11 is 0. The second-order valence-corrected chi connectivity index (χ2v) is 8.94. The highest BCUT2D eigenvalue weighted by atomic mass is 127. The van der Waals surface area contributed by atoms with Crippen LogP contribution >= 0.6 is 24.0 Å². The zero-order valence-electron chi connectivity index (χ0n) is 20.0. The van der Waals surface area contributed by atoms with Crippen LogP contribution in [0.5, 0.6) is 5.75 Å². The average Bonchev–Trinajstić information content (AvgIpc) is 2.85. The maximum atomic E-state index is 12.1. The lowest BCUT2D eigenvalue weighted by atomic mass is 9.90. The van der Waals surface area contributed by atoms with Gasteiger partial charge in [-0.1, -0.05) is 30.3 Å². The molecule has 0 aromatic heterocycles. The summed E-state index contributed by atoms with van der Waals surface area (Å²) in [7, 11) is 3.50. The molecular weight excluding hydrogens is 541 g/mol. The first-order valence-electron chi connectivity index (χ1n) is 11.8. The molecule has 8 heteroatoms. The summed E-state index contributed by atoms with van der Waals surface area (Å²) in [6.45, 7) is 4.81. The van der Waals surface area contributed by atoms with E-state index >= 15 is 0 Å². The van der Waals surface area contributed by atoms with E-state index < -0.39 is 0 Å². The maximum absolute atomic E-state index is 12.1. The number of nitrogens with zero attached hydrogens (tertiary/aromatic N) is 2. The van der Waals surface area contributed by atoms with E-state index in [0.29, 0.717) is 18.9 Å².